The zero-order valence-electron chi connectivity index (χ0n) is 10.6. The Labute approximate surface area is 111 Å². The first-order valence-electron chi connectivity index (χ1n) is 5.63. The van der Waals surface area contributed by atoms with Crippen molar-refractivity contribution in [3.63, 3.8) is 0 Å². The fourth-order valence-corrected chi connectivity index (χ4v) is 2.69. The van der Waals surface area contributed by atoms with E-state index in [4.69, 9.17) is 5.73 Å². The first-order chi connectivity index (χ1) is 8.94. The van der Waals surface area contributed by atoms with Gasteiger partial charge in [0.2, 0.25) is 0 Å². The highest BCUT2D eigenvalue weighted by Crippen LogP contribution is 2.20. The molecule has 0 saturated heterocycles. The van der Waals surface area contributed by atoms with Gasteiger partial charge in [0.15, 0.2) is 5.03 Å². The summed E-state index contributed by atoms with van der Waals surface area (Å²) in [5.74, 6) is 0. The Morgan fingerprint density at radius 2 is 2.11 bits per heavy atom. The summed E-state index contributed by atoms with van der Waals surface area (Å²) < 4.78 is 26.8. The number of anilines is 1. The average molecular weight is 281 g/mol. The number of H-pyrrole nitrogens is 1. The molecule has 102 valence electrons. The number of aromatic amines is 1. The van der Waals surface area contributed by atoms with Crippen LogP contribution >= 0.6 is 0 Å². The van der Waals surface area contributed by atoms with Gasteiger partial charge >= 0.3 is 0 Å². The van der Waals surface area contributed by atoms with E-state index in [0.29, 0.717) is 23.6 Å². The van der Waals surface area contributed by atoms with Gasteiger partial charge in [0.1, 0.15) is 0 Å². The maximum absolute atomic E-state index is 12.2. The standard InChI is InChI=1S/C11H15N5O2S/c1-7-11(8(2)15-14-7)16-19(17,18)10-4-3-9(5-12)6-13-10/h3-4,6,16H,5,12H2,1-2H3,(H,14,15). The number of nitrogens with two attached hydrogens (primary N) is 1. The van der Waals surface area contributed by atoms with Gasteiger partial charge in [-0.1, -0.05) is 6.07 Å². The molecule has 0 saturated carbocycles. The number of hydrogen-bond donors (Lipinski definition) is 3. The Bertz CT molecular complexity index is 656. The van der Waals surface area contributed by atoms with Crippen LogP contribution in [0.3, 0.4) is 0 Å². The van der Waals surface area contributed by atoms with Gasteiger partial charge in [0, 0.05) is 12.7 Å². The number of nitrogens with zero attached hydrogens (tertiary/aromatic N) is 2. The van der Waals surface area contributed by atoms with Crippen molar-refractivity contribution >= 4 is 15.7 Å². The molecule has 0 bridgehead atoms. The van der Waals surface area contributed by atoms with Gasteiger partial charge in [-0.05, 0) is 25.5 Å². The number of pyridine rings is 1. The van der Waals surface area contributed by atoms with E-state index in [0.717, 1.165) is 5.56 Å². The highest BCUT2D eigenvalue weighted by molar-refractivity contribution is 7.92. The zero-order chi connectivity index (χ0) is 14.0. The minimum absolute atomic E-state index is 0.0512. The van der Waals surface area contributed by atoms with Gasteiger partial charge in [-0.15, -0.1) is 0 Å². The third-order valence-electron chi connectivity index (χ3n) is 2.67. The molecule has 0 aliphatic heterocycles. The Hall–Kier alpha value is -1.93. The highest BCUT2D eigenvalue weighted by atomic mass is 32.2. The molecule has 19 heavy (non-hydrogen) atoms. The van der Waals surface area contributed by atoms with Crippen molar-refractivity contribution in [2.75, 3.05) is 4.72 Å². The van der Waals surface area contributed by atoms with Gasteiger partial charge in [-0.25, -0.2) is 4.98 Å². The summed E-state index contributed by atoms with van der Waals surface area (Å²) in [6.45, 7) is 3.77. The minimum Gasteiger partial charge on any atom is -0.326 e. The Kier molecular flexibility index (Phi) is 3.54. The molecular weight excluding hydrogens is 266 g/mol. The Morgan fingerprint density at radius 3 is 2.58 bits per heavy atom. The van der Waals surface area contributed by atoms with E-state index < -0.39 is 10.0 Å². The number of hydrogen-bond acceptors (Lipinski definition) is 5. The third-order valence-corrected chi connectivity index (χ3v) is 3.94. The monoisotopic (exact) mass is 281 g/mol. The van der Waals surface area contributed by atoms with Crippen LogP contribution < -0.4 is 10.5 Å². The Balaban J connectivity index is 2.32. The molecule has 0 spiro atoms. The van der Waals surface area contributed by atoms with Crippen LogP contribution in [0.15, 0.2) is 23.4 Å². The molecule has 2 aromatic heterocycles. The van der Waals surface area contributed by atoms with Crippen molar-refractivity contribution < 1.29 is 8.42 Å². The summed E-state index contributed by atoms with van der Waals surface area (Å²) >= 11 is 0. The van der Waals surface area contributed by atoms with E-state index in [1.165, 1.54) is 12.3 Å². The van der Waals surface area contributed by atoms with E-state index in [9.17, 15) is 8.42 Å². The number of aromatic nitrogens is 3. The molecule has 7 nitrogen and oxygen atoms in total. The fourth-order valence-electron chi connectivity index (χ4n) is 1.58. The zero-order valence-corrected chi connectivity index (χ0v) is 11.5. The van der Waals surface area contributed by atoms with Gasteiger partial charge in [0.25, 0.3) is 10.0 Å². The number of sulfonamides is 1. The number of aryl methyl sites for hydroxylation is 2. The van der Waals surface area contributed by atoms with E-state index in [1.807, 2.05) is 0 Å². The molecular formula is C11H15N5O2S. The van der Waals surface area contributed by atoms with Crippen LogP contribution in [0.4, 0.5) is 5.69 Å². The summed E-state index contributed by atoms with van der Waals surface area (Å²) in [6, 6.07) is 3.06. The summed E-state index contributed by atoms with van der Waals surface area (Å²) in [5.41, 5.74) is 7.90. The Morgan fingerprint density at radius 1 is 1.37 bits per heavy atom. The summed E-state index contributed by atoms with van der Waals surface area (Å²) in [5, 5.41) is 6.60. The number of nitrogens with one attached hydrogen (secondary N) is 2. The van der Waals surface area contributed by atoms with Crippen molar-refractivity contribution in [2.45, 2.75) is 25.4 Å². The lowest BCUT2D eigenvalue weighted by molar-refractivity contribution is 0.597. The molecule has 2 heterocycles. The van der Waals surface area contributed by atoms with Crippen molar-refractivity contribution in [3.05, 3.63) is 35.3 Å². The lowest BCUT2D eigenvalue weighted by atomic mass is 10.3. The topological polar surface area (TPSA) is 114 Å². The van der Waals surface area contributed by atoms with Crippen LogP contribution in [0.1, 0.15) is 17.0 Å². The molecule has 0 radical (unpaired) electrons. The predicted octanol–water partition coefficient (Wildman–Crippen LogP) is 0.681. The SMILES string of the molecule is Cc1n[nH]c(C)c1NS(=O)(=O)c1ccc(CN)cn1. The van der Waals surface area contributed by atoms with Gasteiger partial charge in [-0.3, -0.25) is 9.82 Å². The maximum atomic E-state index is 12.2. The molecule has 0 aliphatic rings. The first-order valence-corrected chi connectivity index (χ1v) is 7.11. The average Bonchev–Trinajstić information content (AvgIpc) is 2.70. The van der Waals surface area contributed by atoms with Gasteiger partial charge < -0.3 is 5.73 Å². The molecule has 2 aromatic rings. The largest absolute Gasteiger partial charge is 0.326 e. The smallest absolute Gasteiger partial charge is 0.279 e. The van der Waals surface area contributed by atoms with Crippen molar-refractivity contribution in [1.29, 1.82) is 0 Å². The summed E-state index contributed by atoms with van der Waals surface area (Å²) in [6.07, 6.45) is 1.45. The molecule has 2 rings (SSSR count). The van der Waals surface area contributed by atoms with E-state index >= 15 is 0 Å². The van der Waals surface area contributed by atoms with Crippen LogP contribution in [0.2, 0.25) is 0 Å². The van der Waals surface area contributed by atoms with Crippen LogP contribution in [0.5, 0.6) is 0 Å². The van der Waals surface area contributed by atoms with Crippen LogP contribution in [-0.4, -0.2) is 23.6 Å². The molecule has 8 heteroatoms. The molecule has 4 N–H and O–H groups in total. The minimum atomic E-state index is -3.72. The molecule has 0 aliphatic carbocycles. The van der Waals surface area contributed by atoms with Crippen molar-refractivity contribution in [1.82, 2.24) is 15.2 Å². The second kappa shape index (κ2) is 4.98. The molecule has 0 amide bonds. The van der Waals surface area contributed by atoms with Gasteiger partial charge in [-0.2, -0.15) is 13.5 Å². The van der Waals surface area contributed by atoms with Crippen molar-refractivity contribution in [3.8, 4) is 0 Å². The quantitative estimate of drug-likeness (QED) is 0.762. The van der Waals surface area contributed by atoms with Crippen LogP contribution in [0.25, 0.3) is 0 Å². The van der Waals surface area contributed by atoms with E-state index in [1.54, 1.807) is 19.9 Å². The molecule has 0 unspecified atom stereocenters. The lowest BCUT2D eigenvalue weighted by Gasteiger charge is -2.07. The second-order valence-corrected chi connectivity index (χ2v) is 5.75. The van der Waals surface area contributed by atoms with Crippen molar-refractivity contribution in [2.24, 2.45) is 5.73 Å². The highest BCUT2D eigenvalue weighted by Gasteiger charge is 2.19. The maximum Gasteiger partial charge on any atom is 0.279 e. The third kappa shape index (κ3) is 2.74. The normalized spacial score (nSPS) is 11.5. The molecule has 0 aromatic carbocycles. The second-order valence-electron chi connectivity index (χ2n) is 4.12. The van der Waals surface area contributed by atoms with Crippen LogP contribution in [0, 0.1) is 13.8 Å². The predicted molar refractivity (Wildman–Crippen MR) is 71.0 cm³/mol. The first kappa shape index (κ1) is 13.5. The fraction of sp³-hybridized carbons (Fsp3) is 0.273. The summed E-state index contributed by atoms with van der Waals surface area (Å²) in [7, 11) is -3.72. The number of rotatable bonds is 4. The summed E-state index contributed by atoms with van der Waals surface area (Å²) in [4.78, 5) is 3.90. The van der Waals surface area contributed by atoms with Crippen LogP contribution in [-0.2, 0) is 16.6 Å². The van der Waals surface area contributed by atoms with E-state index in [2.05, 4.69) is 19.9 Å². The lowest BCUT2D eigenvalue weighted by Crippen LogP contribution is -2.15. The molecule has 0 atom stereocenters. The van der Waals surface area contributed by atoms with Gasteiger partial charge in [0.05, 0.1) is 17.1 Å². The van der Waals surface area contributed by atoms with E-state index in [-0.39, 0.29) is 5.03 Å². The molecule has 0 fully saturated rings.